The summed E-state index contributed by atoms with van der Waals surface area (Å²) >= 11 is 6.37. The molecule has 0 unspecified atom stereocenters. The fourth-order valence-corrected chi connectivity index (χ4v) is 7.60. The number of nitrogens with two attached hydrogens (primary N) is 1. The number of likely N-dealkylation sites (tertiary alicyclic amines) is 2. The first-order valence-corrected chi connectivity index (χ1v) is 16.4. The molecule has 0 radical (unpaired) electrons. The lowest BCUT2D eigenvalue weighted by Gasteiger charge is -2.39. The molecule has 3 saturated heterocycles. The minimum absolute atomic E-state index is 0.0459. The summed E-state index contributed by atoms with van der Waals surface area (Å²) in [5.74, 6) is 3.65. The third-order valence-electron chi connectivity index (χ3n) is 9.90. The number of aromatic amines is 1. The van der Waals surface area contributed by atoms with Crippen LogP contribution in [0.3, 0.4) is 0 Å². The summed E-state index contributed by atoms with van der Waals surface area (Å²) in [6.45, 7) is 4.22. The average molecular weight is 633 g/mol. The number of carbonyl (C=O) groups excluding carboxylic acids is 2. The van der Waals surface area contributed by atoms with E-state index in [0.29, 0.717) is 72.7 Å². The molecule has 3 aromatic rings. The Labute approximate surface area is 268 Å². The molecule has 0 bridgehead atoms. The number of anilines is 1. The number of halogens is 1. The van der Waals surface area contributed by atoms with Crippen molar-refractivity contribution in [2.24, 2.45) is 11.8 Å². The lowest BCUT2D eigenvalue weighted by molar-refractivity contribution is -0.142. The van der Waals surface area contributed by atoms with Crippen LogP contribution in [0, 0.1) is 24.2 Å². The number of hydrogen-bond donors (Lipinski definition) is 3. The molecule has 2 amide bonds. The van der Waals surface area contributed by atoms with Crippen molar-refractivity contribution in [3.63, 3.8) is 0 Å². The maximum atomic E-state index is 14.0. The molecule has 11 heteroatoms. The zero-order valence-electron chi connectivity index (χ0n) is 25.5. The number of aromatic nitrogens is 2. The number of imidazole rings is 1. The summed E-state index contributed by atoms with van der Waals surface area (Å²) in [7, 11) is 0. The zero-order valence-corrected chi connectivity index (χ0v) is 26.2. The second-order valence-electron chi connectivity index (χ2n) is 12.5. The van der Waals surface area contributed by atoms with E-state index in [0.717, 1.165) is 37.0 Å². The second kappa shape index (κ2) is 13.6. The fraction of sp³-hybridized carbons (Fsp3) is 0.500. The molecular formula is C34H41ClN6O4. The number of H-pyrrole nitrogens is 1. The van der Waals surface area contributed by atoms with E-state index in [-0.39, 0.29) is 24.1 Å². The van der Waals surface area contributed by atoms with Gasteiger partial charge in [-0.05, 0) is 93.3 Å². The van der Waals surface area contributed by atoms with Gasteiger partial charge in [0, 0.05) is 44.2 Å². The van der Waals surface area contributed by atoms with Crippen molar-refractivity contribution in [1.82, 2.24) is 24.7 Å². The van der Waals surface area contributed by atoms with Gasteiger partial charge < -0.3 is 30.6 Å². The van der Waals surface area contributed by atoms with E-state index >= 15 is 0 Å². The molecular weight excluding hydrogens is 592 g/mol. The fourth-order valence-electron chi connectivity index (χ4n) is 7.35. The van der Waals surface area contributed by atoms with Crippen LogP contribution < -0.4 is 16.7 Å². The normalized spacial score (nSPS) is 19.4. The van der Waals surface area contributed by atoms with E-state index in [1.165, 1.54) is 12.8 Å². The van der Waals surface area contributed by atoms with Crippen molar-refractivity contribution < 1.29 is 14.3 Å². The number of nitrogen functional groups attached to an aromatic ring is 1. The Kier molecular flexibility index (Phi) is 9.38. The number of terminal acetylenes is 1. The number of ether oxygens (including phenoxy) is 1. The summed E-state index contributed by atoms with van der Waals surface area (Å²) in [5.41, 5.74) is 8.95. The number of amides is 2. The van der Waals surface area contributed by atoms with Crippen molar-refractivity contribution in [2.75, 3.05) is 45.0 Å². The Morgan fingerprint density at radius 2 is 1.67 bits per heavy atom. The van der Waals surface area contributed by atoms with Gasteiger partial charge in [-0.15, -0.1) is 6.42 Å². The SMILES string of the molecule is C#Cc1cc(C[C@@H](OC(=O)N2CCC(n3c(=O)[nH]c4ccccc43)CC2)C(=O)N2CCC(C3CCNCC3)CC2)cc(Cl)c1N. The van der Waals surface area contributed by atoms with Crippen LogP contribution in [0.5, 0.6) is 0 Å². The topological polar surface area (TPSA) is 126 Å². The molecule has 3 aliphatic rings. The van der Waals surface area contributed by atoms with Gasteiger partial charge >= 0.3 is 11.8 Å². The monoisotopic (exact) mass is 632 g/mol. The van der Waals surface area contributed by atoms with E-state index in [4.69, 9.17) is 28.5 Å². The third kappa shape index (κ3) is 6.70. The van der Waals surface area contributed by atoms with Crippen molar-refractivity contribution in [2.45, 2.75) is 57.1 Å². The van der Waals surface area contributed by atoms with Crippen LogP contribution >= 0.6 is 11.6 Å². The number of para-hydroxylation sites is 2. The lowest BCUT2D eigenvalue weighted by atomic mass is 9.79. The minimum atomic E-state index is -1.03. The number of fused-ring (bicyclic) bond motifs is 1. The number of rotatable bonds is 6. The molecule has 1 atom stereocenters. The molecule has 2 aromatic carbocycles. The van der Waals surface area contributed by atoms with Crippen LogP contribution in [0.2, 0.25) is 5.02 Å². The highest BCUT2D eigenvalue weighted by Crippen LogP contribution is 2.32. The molecule has 0 spiro atoms. The third-order valence-corrected chi connectivity index (χ3v) is 10.2. The van der Waals surface area contributed by atoms with Gasteiger partial charge in [0.05, 0.1) is 21.7 Å². The van der Waals surface area contributed by atoms with Crippen LogP contribution in [0.1, 0.15) is 55.7 Å². The van der Waals surface area contributed by atoms with Crippen LogP contribution in [0.15, 0.2) is 41.2 Å². The van der Waals surface area contributed by atoms with Gasteiger partial charge in [-0.3, -0.25) is 9.36 Å². The summed E-state index contributed by atoms with van der Waals surface area (Å²) < 4.78 is 7.79. The number of benzene rings is 2. The zero-order chi connectivity index (χ0) is 31.5. The number of nitrogens with one attached hydrogen (secondary N) is 2. The summed E-state index contributed by atoms with van der Waals surface area (Å²) in [5, 5.41) is 3.74. The van der Waals surface area contributed by atoms with E-state index in [1.807, 2.05) is 29.2 Å². The van der Waals surface area contributed by atoms with Gasteiger partial charge in [0.1, 0.15) is 0 Å². The van der Waals surface area contributed by atoms with Gasteiger partial charge in [-0.1, -0.05) is 29.7 Å². The molecule has 238 valence electrons. The van der Waals surface area contributed by atoms with Gasteiger partial charge in [-0.2, -0.15) is 0 Å². The largest absolute Gasteiger partial charge is 0.436 e. The van der Waals surface area contributed by atoms with Crippen molar-refractivity contribution >= 4 is 40.3 Å². The Morgan fingerprint density at radius 1 is 1.00 bits per heavy atom. The van der Waals surface area contributed by atoms with E-state index < -0.39 is 12.2 Å². The van der Waals surface area contributed by atoms with Gasteiger partial charge in [0.15, 0.2) is 6.10 Å². The Hall–Kier alpha value is -3.94. The Bertz CT molecular complexity index is 1640. The minimum Gasteiger partial charge on any atom is -0.436 e. The summed E-state index contributed by atoms with van der Waals surface area (Å²) in [4.78, 5) is 46.6. The molecule has 3 fully saturated rings. The highest BCUT2D eigenvalue weighted by atomic mass is 35.5. The lowest BCUT2D eigenvalue weighted by Crippen LogP contribution is -2.49. The van der Waals surface area contributed by atoms with Crippen LogP contribution in [0.4, 0.5) is 10.5 Å². The van der Waals surface area contributed by atoms with Crippen LogP contribution in [0.25, 0.3) is 11.0 Å². The molecule has 4 heterocycles. The smallest absolute Gasteiger partial charge is 0.410 e. The van der Waals surface area contributed by atoms with Gasteiger partial charge in [0.25, 0.3) is 5.91 Å². The molecule has 4 N–H and O–H groups in total. The van der Waals surface area contributed by atoms with Gasteiger partial charge in [0.2, 0.25) is 0 Å². The highest BCUT2D eigenvalue weighted by molar-refractivity contribution is 6.33. The maximum absolute atomic E-state index is 14.0. The molecule has 3 aliphatic heterocycles. The molecule has 0 aliphatic carbocycles. The highest BCUT2D eigenvalue weighted by Gasteiger charge is 2.35. The van der Waals surface area contributed by atoms with Crippen molar-refractivity contribution in [3.8, 4) is 12.3 Å². The number of nitrogens with zero attached hydrogens (tertiary/aromatic N) is 3. The van der Waals surface area contributed by atoms with Gasteiger partial charge in [-0.25, -0.2) is 9.59 Å². The standard InChI is InChI=1S/C34H41ClN6O4/c1-2-23-19-22(20-27(35)31(23)36)21-30(32(42)39-15-9-25(10-16-39)24-7-13-37-14-8-24)45-34(44)40-17-11-26(12-18-40)41-29-6-4-3-5-28(29)38-33(41)43/h1,3-6,19-20,24-26,30,37H,7-18,21,36H2,(H,38,43)/t30-/m1/s1. The number of hydrogen-bond acceptors (Lipinski definition) is 6. The molecule has 6 rings (SSSR count). The Morgan fingerprint density at radius 3 is 2.38 bits per heavy atom. The summed E-state index contributed by atoms with van der Waals surface area (Å²) in [6.07, 6.45) is 9.67. The first-order chi connectivity index (χ1) is 21.8. The maximum Gasteiger partial charge on any atom is 0.410 e. The van der Waals surface area contributed by atoms with Crippen molar-refractivity contribution in [1.29, 1.82) is 0 Å². The van der Waals surface area contributed by atoms with E-state index in [1.54, 1.807) is 21.6 Å². The number of piperidine rings is 3. The first kappa shape index (κ1) is 31.1. The second-order valence-corrected chi connectivity index (χ2v) is 13.0. The predicted octanol–water partition coefficient (Wildman–Crippen LogP) is 4.17. The molecule has 10 nitrogen and oxygen atoms in total. The van der Waals surface area contributed by atoms with E-state index in [2.05, 4.69) is 16.2 Å². The van der Waals surface area contributed by atoms with E-state index in [9.17, 15) is 14.4 Å². The molecule has 0 saturated carbocycles. The van der Waals surface area contributed by atoms with Crippen LogP contribution in [-0.2, 0) is 16.0 Å². The Balaban J connectivity index is 1.14. The predicted molar refractivity (Wildman–Crippen MR) is 175 cm³/mol. The quantitative estimate of drug-likeness (QED) is 0.277. The average Bonchev–Trinajstić information content (AvgIpc) is 3.41. The van der Waals surface area contributed by atoms with Crippen molar-refractivity contribution in [3.05, 3.63) is 63.0 Å². The molecule has 1 aromatic heterocycles. The first-order valence-electron chi connectivity index (χ1n) is 16.0. The number of carbonyl (C=O) groups is 2. The van der Waals surface area contributed by atoms with Crippen LogP contribution in [-0.4, -0.2) is 76.7 Å². The molecule has 45 heavy (non-hydrogen) atoms. The summed E-state index contributed by atoms with van der Waals surface area (Å²) in [6, 6.07) is 11.0.